The fraction of sp³-hybridized carbons (Fsp3) is 0.292. The average molecular weight is 423 g/mol. The molecule has 0 aliphatic heterocycles. The second-order valence-electron chi connectivity index (χ2n) is 7.94. The topological polar surface area (TPSA) is 84.2 Å². The van der Waals surface area contributed by atoms with Crippen LogP contribution in [0.2, 0.25) is 0 Å². The number of amides is 2. The molecule has 0 saturated carbocycles. The molecule has 6 nitrogen and oxygen atoms in total. The monoisotopic (exact) mass is 423 g/mol. The Morgan fingerprint density at radius 2 is 1.74 bits per heavy atom. The van der Waals surface area contributed by atoms with E-state index < -0.39 is 0 Å². The molecular formula is C24H26FN3O3. The molecule has 0 bridgehead atoms. The predicted octanol–water partition coefficient (Wildman–Crippen LogP) is 4.97. The molecule has 0 radical (unpaired) electrons. The van der Waals surface area contributed by atoms with Gasteiger partial charge in [-0.15, -0.1) is 0 Å². The summed E-state index contributed by atoms with van der Waals surface area (Å²) in [6.45, 7) is 5.95. The Bertz CT molecular complexity index is 1040. The lowest BCUT2D eigenvalue weighted by Gasteiger charge is -2.24. The molecule has 2 N–H and O–H groups in total. The van der Waals surface area contributed by atoms with Gasteiger partial charge in [0.25, 0.3) is 5.91 Å². The third-order valence-corrected chi connectivity index (χ3v) is 5.01. The fourth-order valence-corrected chi connectivity index (χ4v) is 2.79. The van der Waals surface area contributed by atoms with Gasteiger partial charge >= 0.3 is 0 Å². The number of carbonyl (C=O) groups is 2. The molecule has 0 saturated heterocycles. The highest BCUT2D eigenvalue weighted by Gasteiger charge is 2.18. The van der Waals surface area contributed by atoms with E-state index in [2.05, 4.69) is 15.6 Å². The molecule has 162 valence electrons. The summed E-state index contributed by atoms with van der Waals surface area (Å²) in [5, 5.41) is 5.78. The zero-order chi connectivity index (χ0) is 22.4. The van der Waals surface area contributed by atoms with Crippen LogP contribution in [-0.2, 0) is 11.2 Å². The van der Waals surface area contributed by atoms with Gasteiger partial charge in [-0.1, -0.05) is 6.92 Å². The molecule has 0 aliphatic carbocycles. The molecular weight excluding hydrogens is 397 g/mol. The highest BCUT2D eigenvalue weighted by molar-refractivity contribution is 5.96. The normalized spacial score (nSPS) is 11.2. The van der Waals surface area contributed by atoms with Crippen LogP contribution in [0.25, 0.3) is 11.3 Å². The molecule has 1 heterocycles. The van der Waals surface area contributed by atoms with Crippen LogP contribution in [0, 0.1) is 5.82 Å². The van der Waals surface area contributed by atoms with Crippen molar-refractivity contribution in [3.8, 4) is 11.3 Å². The highest BCUT2D eigenvalue weighted by Crippen LogP contribution is 2.21. The summed E-state index contributed by atoms with van der Waals surface area (Å²) in [4.78, 5) is 28.7. The molecule has 0 atom stereocenters. The molecule has 3 rings (SSSR count). The zero-order valence-corrected chi connectivity index (χ0v) is 17.9. The number of nitrogens with one attached hydrogen (secondary N) is 2. The number of rotatable bonds is 8. The number of benzene rings is 2. The van der Waals surface area contributed by atoms with Crippen molar-refractivity contribution in [3.05, 3.63) is 72.0 Å². The Morgan fingerprint density at radius 1 is 1.06 bits per heavy atom. The van der Waals surface area contributed by atoms with E-state index in [0.717, 1.165) is 12.0 Å². The van der Waals surface area contributed by atoms with Gasteiger partial charge in [0.1, 0.15) is 5.82 Å². The lowest BCUT2D eigenvalue weighted by atomic mass is 10.0. The lowest BCUT2D eigenvalue weighted by molar-refractivity contribution is -0.116. The van der Waals surface area contributed by atoms with Crippen molar-refractivity contribution in [2.24, 2.45) is 0 Å². The number of hydrogen-bond acceptors (Lipinski definition) is 4. The van der Waals surface area contributed by atoms with Crippen LogP contribution in [0.3, 0.4) is 0 Å². The number of nitrogens with zero attached hydrogens (tertiary/aromatic N) is 1. The number of aryl methyl sites for hydroxylation is 1. The van der Waals surface area contributed by atoms with Gasteiger partial charge in [-0.2, -0.15) is 0 Å². The summed E-state index contributed by atoms with van der Waals surface area (Å²) in [7, 11) is 0. The highest BCUT2D eigenvalue weighted by atomic mass is 19.1. The van der Waals surface area contributed by atoms with E-state index in [0.29, 0.717) is 29.3 Å². The Hall–Kier alpha value is -3.48. The number of carbonyl (C=O) groups excluding carboxylic acids is 2. The largest absolute Gasteiger partial charge is 0.441 e. The van der Waals surface area contributed by atoms with Crippen LogP contribution in [0.5, 0.6) is 0 Å². The number of aromatic nitrogens is 1. The maximum atomic E-state index is 13.0. The van der Waals surface area contributed by atoms with E-state index in [-0.39, 0.29) is 29.6 Å². The maximum Gasteiger partial charge on any atom is 0.251 e. The average Bonchev–Trinajstić information content (AvgIpc) is 3.22. The van der Waals surface area contributed by atoms with Crippen molar-refractivity contribution in [1.29, 1.82) is 0 Å². The first-order chi connectivity index (χ1) is 14.8. The Morgan fingerprint density at radius 3 is 2.39 bits per heavy atom. The van der Waals surface area contributed by atoms with Crippen molar-refractivity contribution >= 4 is 17.5 Å². The Balaban J connectivity index is 1.51. The van der Waals surface area contributed by atoms with Crippen LogP contribution in [-0.4, -0.2) is 22.3 Å². The molecule has 0 fully saturated rings. The molecule has 2 aromatic carbocycles. The van der Waals surface area contributed by atoms with Crippen LogP contribution < -0.4 is 10.6 Å². The van der Waals surface area contributed by atoms with E-state index >= 15 is 0 Å². The molecule has 0 spiro atoms. The minimum Gasteiger partial charge on any atom is -0.441 e. The van der Waals surface area contributed by atoms with E-state index in [1.807, 2.05) is 20.8 Å². The van der Waals surface area contributed by atoms with Crippen molar-refractivity contribution in [2.45, 2.75) is 45.6 Å². The summed E-state index contributed by atoms with van der Waals surface area (Å²) < 4.78 is 18.7. The molecule has 0 aliphatic rings. The quantitative estimate of drug-likeness (QED) is 0.536. The van der Waals surface area contributed by atoms with Gasteiger partial charge in [-0.25, -0.2) is 9.37 Å². The summed E-state index contributed by atoms with van der Waals surface area (Å²) in [5.41, 5.74) is 1.58. The standard InChI is InChI=1S/C24H26FN3O3/c1-4-24(2,3)28-23(30)17-7-11-19(12-8-17)27-21(29)13-14-22-26-15-20(31-22)16-5-9-18(25)10-6-16/h5-12,15H,4,13-14H2,1-3H3,(H,27,29)(H,28,30). The molecule has 3 aromatic rings. The Kier molecular flexibility index (Phi) is 6.84. The molecule has 2 amide bonds. The van der Waals surface area contributed by atoms with Gasteiger partial charge in [0, 0.05) is 35.2 Å². The van der Waals surface area contributed by atoms with Gasteiger partial charge in [0.05, 0.1) is 6.20 Å². The maximum absolute atomic E-state index is 13.0. The van der Waals surface area contributed by atoms with E-state index in [4.69, 9.17) is 4.42 Å². The first-order valence-corrected chi connectivity index (χ1v) is 10.2. The number of hydrogen-bond donors (Lipinski definition) is 2. The minimum atomic E-state index is -0.321. The van der Waals surface area contributed by atoms with Crippen molar-refractivity contribution in [3.63, 3.8) is 0 Å². The lowest BCUT2D eigenvalue weighted by Crippen LogP contribution is -2.42. The van der Waals surface area contributed by atoms with Crippen LogP contribution in [0.15, 0.2) is 59.1 Å². The number of oxazole rings is 1. The van der Waals surface area contributed by atoms with Crippen LogP contribution in [0.1, 0.15) is 49.9 Å². The van der Waals surface area contributed by atoms with Gasteiger partial charge in [-0.3, -0.25) is 9.59 Å². The summed E-state index contributed by atoms with van der Waals surface area (Å²) in [6, 6.07) is 12.7. The number of anilines is 1. The fourth-order valence-electron chi connectivity index (χ4n) is 2.79. The van der Waals surface area contributed by atoms with Crippen molar-refractivity contribution in [2.75, 3.05) is 5.32 Å². The van der Waals surface area contributed by atoms with Crippen LogP contribution in [0.4, 0.5) is 10.1 Å². The summed E-state index contributed by atoms with van der Waals surface area (Å²) in [6.07, 6.45) is 2.91. The van der Waals surface area contributed by atoms with Gasteiger partial charge in [0.15, 0.2) is 11.7 Å². The minimum absolute atomic E-state index is 0.148. The van der Waals surface area contributed by atoms with Gasteiger partial charge in [0.2, 0.25) is 5.91 Å². The van der Waals surface area contributed by atoms with Crippen molar-refractivity contribution in [1.82, 2.24) is 10.3 Å². The third-order valence-electron chi connectivity index (χ3n) is 5.01. The smallest absolute Gasteiger partial charge is 0.251 e. The first-order valence-electron chi connectivity index (χ1n) is 10.2. The zero-order valence-electron chi connectivity index (χ0n) is 17.9. The second kappa shape index (κ2) is 9.55. The molecule has 0 unspecified atom stereocenters. The molecule has 1 aromatic heterocycles. The van der Waals surface area contributed by atoms with Crippen molar-refractivity contribution < 1.29 is 18.4 Å². The van der Waals surface area contributed by atoms with Gasteiger partial charge < -0.3 is 15.1 Å². The molecule has 7 heteroatoms. The molecule has 31 heavy (non-hydrogen) atoms. The summed E-state index contributed by atoms with van der Waals surface area (Å²) >= 11 is 0. The van der Waals surface area contributed by atoms with E-state index in [1.165, 1.54) is 12.1 Å². The SMILES string of the molecule is CCC(C)(C)NC(=O)c1ccc(NC(=O)CCc2ncc(-c3ccc(F)cc3)o2)cc1. The summed E-state index contributed by atoms with van der Waals surface area (Å²) in [5.74, 6) is 0.297. The second-order valence-corrected chi connectivity index (χ2v) is 7.94. The Labute approximate surface area is 180 Å². The number of halogens is 1. The van der Waals surface area contributed by atoms with E-state index in [9.17, 15) is 14.0 Å². The van der Waals surface area contributed by atoms with Gasteiger partial charge in [-0.05, 0) is 68.8 Å². The van der Waals surface area contributed by atoms with E-state index in [1.54, 1.807) is 42.6 Å². The predicted molar refractivity (Wildman–Crippen MR) is 117 cm³/mol. The first kappa shape index (κ1) is 22.2. The third kappa shape index (κ3) is 6.25. The van der Waals surface area contributed by atoms with Crippen LogP contribution >= 0.6 is 0 Å².